The Morgan fingerprint density at radius 2 is 0.710 bits per heavy atom. The Bertz CT molecular complexity index is 7300. The van der Waals surface area contributed by atoms with Gasteiger partial charge in [-0.1, -0.05) is 231 Å². The minimum absolute atomic E-state index is 0.630. The molecule has 0 spiro atoms. The Hall–Kier alpha value is -12.7. The summed E-state index contributed by atoms with van der Waals surface area (Å²) in [7, 11) is 0. The highest BCUT2D eigenvalue weighted by molar-refractivity contribution is 7.26. The smallest absolute Gasteiger partial charge is 0.235 e. The van der Waals surface area contributed by atoms with Crippen LogP contribution in [0.15, 0.2) is 315 Å². The Balaban J connectivity index is 0.706. The zero-order chi connectivity index (χ0) is 65.3. The maximum absolute atomic E-state index is 5.77. The molecule has 16 aromatic carbocycles. The lowest BCUT2D eigenvalue weighted by Gasteiger charge is -2.14. The van der Waals surface area contributed by atoms with Crippen LogP contribution in [0.1, 0.15) is 0 Å². The number of para-hydroxylation sites is 2. The van der Waals surface area contributed by atoms with Gasteiger partial charge >= 0.3 is 0 Å². The van der Waals surface area contributed by atoms with Crippen molar-refractivity contribution in [3.63, 3.8) is 0 Å². The van der Waals surface area contributed by atoms with E-state index in [4.69, 9.17) is 19.9 Å². The molecule has 22 aromatic rings. The van der Waals surface area contributed by atoms with Crippen molar-refractivity contribution in [1.82, 2.24) is 29.1 Å². The maximum atomic E-state index is 5.77. The van der Waals surface area contributed by atoms with Crippen LogP contribution in [0.2, 0.25) is 0 Å². The predicted octanol–water partition coefficient (Wildman–Crippen LogP) is 25.5. The van der Waals surface area contributed by atoms with Crippen LogP contribution < -0.4 is 0 Å². The van der Waals surface area contributed by atoms with E-state index in [0.717, 1.165) is 115 Å². The fraction of sp³-hybridized carbons (Fsp3) is 0. The molecule has 0 N–H and O–H groups in total. The minimum atomic E-state index is 0.630. The quantitative estimate of drug-likeness (QED) is 0.160. The topological polar surface area (TPSA) is 61.4 Å². The number of aromatic nitrogens is 6. The lowest BCUT2D eigenvalue weighted by molar-refractivity contribution is 1.01. The van der Waals surface area contributed by atoms with Crippen molar-refractivity contribution in [3.05, 3.63) is 315 Å². The second-order valence-electron chi connectivity index (χ2n) is 26.4. The summed E-state index contributed by atoms with van der Waals surface area (Å²) >= 11 is 3.71. The molecule has 0 aliphatic heterocycles. The summed E-state index contributed by atoms with van der Waals surface area (Å²) in [5.41, 5.74) is 16.9. The molecule has 0 fully saturated rings. The summed E-state index contributed by atoms with van der Waals surface area (Å²) in [6, 6.07) is 115. The Kier molecular flexibility index (Phi) is 11.9. The number of hydrogen-bond donors (Lipinski definition) is 0. The van der Waals surface area contributed by atoms with Crippen LogP contribution in [0.3, 0.4) is 0 Å². The first-order valence-electron chi connectivity index (χ1n) is 33.9. The summed E-state index contributed by atoms with van der Waals surface area (Å²) in [5.74, 6) is 1.26. The van der Waals surface area contributed by atoms with Crippen LogP contribution in [0.4, 0.5) is 0 Å². The first-order valence-corrected chi connectivity index (χ1v) is 35.5. The molecule has 8 heteroatoms. The molecule has 0 unspecified atom stereocenters. The Morgan fingerprint density at radius 1 is 0.220 bits per heavy atom. The largest absolute Gasteiger partial charge is 0.278 e. The van der Waals surface area contributed by atoms with E-state index in [0.29, 0.717) is 11.9 Å². The second-order valence-corrected chi connectivity index (χ2v) is 28.5. The highest BCUT2D eigenvalue weighted by atomic mass is 32.1. The van der Waals surface area contributed by atoms with E-state index in [9.17, 15) is 0 Å². The molecule has 0 amide bonds. The minimum Gasteiger partial charge on any atom is -0.278 e. The zero-order valence-electron chi connectivity index (χ0n) is 53.5. The van der Waals surface area contributed by atoms with Crippen LogP contribution in [0, 0.1) is 0 Å². The second kappa shape index (κ2) is 21.4. The molecule has 0 saturated heterocycles. The van der Waals surface area contributed by atoms with Gasteiger partial charge in [0.05, 0.1) is 44.5 Å². The summed E-state index contributed by atoms with van der Waals surface area (Å²) in [6.07, 6.45) is 0. The zero-order valence-corrected chi connectivity index (χ0v) is 55.2. The van der Waals surface area contributed by atoms with Crippen LogP contribution in [-0.2, 0) is 0 Å². The molecule has 100 heavy (non-hydrogen) atoms. The van der Waals surface area contributed by atoms with Crippen molar-refractivity contribution >= 4 is 172 Å². The summed E-state index contributed by atoms with van der Waals surface area (Å²) in [4.78, 5) is 22.5. The average Bonchev–Trinajstić information content (AvgIpc) is 1.55. The number of fused-ring (bicyclic) bond motifs is 18. The monoisotopic (exact) mass is 1300 g/mol. The van der Waals surface area contributed by atoms with Gasteiger partial charge in [-0.2, -0.15) is 0 Å². The lowest BCUT2D eigenvalue weighted by Crippen LogP contribution is -2.03. The van der Waals surface area contributed by atoms with Gasteiger partial charge in [0, 0.05) is 89.4 Å². The van der Waals surface area contributed by atoms with Crippen LogP contribution in [0.5, 0.6) is 0 Å². The normalized spacial score (nSPS) is 12.2. The number of nitrogens with zero attached hydrogens (tertiary/aromatic N) is 6. The van der Waals surface area contributed by atoms with Gasteiger partial charge in [0.1, 0.15) is 0 Å². The predicted molar refractivity (Wildman–Crippen MR) is 424 cm³/mol. The molecule has 0 aliphatic carbocycles. The van der Waals surface area contributed by atoms with E-state index in [-0.39, 0.29) is 0 Å². The van der Waals surface area contributed by atoms with Gasteiger partial charge in [-0.3, -0.25) is 9.13 Å². The first kappa shape index (κ1) is 55.4. The number of benzene rings is 16. The molecule has 462 valence electrons. The van der Waals surface area contributed by atoms with Crippen LogP contribution >= 0.6 is 22.7 Å². The van der Waals surface area contributed by atoms with Crippen molar-refractivity contribution in [1.29, 1.82) is 0 Å². The fourth-order valence-corrected chi connectivity index (χ4v) is 18.6. The molecule has 22 rings (SSSR count). The van der Waals surface area contributed by atoms with E-state index < -0.39 is 0 Å². The van der Waals surface area contributed by atoms with E-state index in [1.54, 1.807) is 0 Å². The first-order chi connectivity index (χ1) is 49.5. The number of hydrogen-bond acceptors (Lipinski definition) is 6. The van der Waals surface area contributed by atoms with E-state index in [1.165, 1.54) is 89.5 Å². The molecule has 0 saturated carbocycles. The molecular weight excluding hydrogens is 1250 g/mol. The molecule has 6 aromatic heterocycles. The molecule has 0 bridgehead atoms. The number of rotatable bonds is 7. The van der Waals surface area contributed by atoms with Crippen LogP contribution in [0.25, 0.3) is 217 Å². The average molecular weight is 1310 g/mol. The third kappa shape index (κ3) is 8.35. The van der Waals surface area contributed by atoms with Crippen molar-refractivity contribution in [2.45, 2.75) is 0 Å². The third-order valence-corrected chi connectivity index (χ3v) is 23.2. The van der Waals surface area contributed by atoms with E-state index in [2.05, 4.69) is 325 Å². The number of thiophene rings is 2. The van der Waals surface area contributed by atoms with Crippen molar-refractivity contribution in [2.24, 2.45) is 0 Å². The van der Waals surface area contributed by atoms with Crippen LogP contribution in [-0.4, -0.2) is 29.1 Å². The van der Waals surface area contributed by atoms with E-state index in [1.807, 2.05) is 22.7 Å². The molecule has 6 heterocycles. The molecular formula is C92H52N6S2. The highest BCUT2D eigenvalue weighted by Gasteiger charge is 2.25. The van der Waals surface area contributed by atoms with Gasteiger partial charge in [-0.25, -0.2) is 19.9 Å². The lowest BCUT2D eigenvalue weighted by atomic mass is 9.93. The Morgan fingerprint density at radius 3 is 1.43 bits per heavy atom. The Labute approximate surface area is 579 Å². The van der Waals surface area contributed by atoms with Gasteiger partial charge in [0.2, 0.25) is 11.9 Å². The summed E-state index contributed by atoms with van der Waals surface area (Å²) in [5, 5.41) is 21.0. The molecule has 0 radical (unpaired) electrons. The van der Waals surface area contributed by atoms with Gasteiger partial charge < -0.3 is 0 Å². The highest BCUT2D eigenvalue weighted by Crippen LogP contribution is 2.49. The summed E-state index contributed by atoms with van der Waals surface area (Å²) < 4.78 is 9.57. The van der Waals surface area contributed by atoms with Crippen molar-refractivity contribution in [2.75, 3.05) is 0 Å². The maximum Gasteiger partial charge on any atom is 0.235 e. The fourth-order valence-electron chi connectivity index (χ4n) is 16.2. The van der Waals surface area contributed by atoms with E-state index >= 15 is 0 Å². The third-order valence-electron chi connectivity index (χ3n) is 20.9. The molecule has 0 aliphatic rings. The molecule has 6 nitrogen and oxygen atoms in total. The van der Waals surface area contributed by atoms with Gasteiger partial charge in [0.25, 0.3) is 0 Å². The standard InChI is InChI=1S/C92H52N6S2/c1-2-19-53(20-3-1)60-40-42-80-74(45-60)75-44-55-22-5-8-25-58(55)48-83(75)97(80)91-93-78-36-14-12-30-69(78)88(95-91)66-32-16-27-61-51-85-76(52-72(61)66)68-34-17-33-67(90(68)100-85)64-29-11-10-28-63(64)62-39-41-65-73-43-54-21-4-7-24-57(54)47-82(73)98(81(65)49-62)92-94-79-37-15-13-31-70(79)89(96-92)71-35-18-38-84-87(71)77-46-56-23-6-9-26-59(56)50-86(77)99-84/h1-52H. The van der Waals surface area contributed by atoms with Gasteiger partial charge in [-0.05, 0) is 156 Å². The molecule has 0 atom stereocenters. The van der Waals surface area contributed by atoms with Gasteiger partial charge in [-0.15, -0.1) is 22.7 Å². The van der Waals surface area contributed by atoms with Crippen molar-refractivity contribution in [3.8, 4) is 67.8 Å². The SMILES string of the molecule is c1ccc(-c2ccc3c(c2)c2cc4ccccc4cc2n3-c2nc(-c3cccc4cc5sc6c(-c7ccccc7-c7ccc8c9cc%10ccccc%10cc9n(-c9nc(-c%10cccc%11sc%12cc%13ccccc%13cc%12c%10%11)c%10ccccc%10n9)c8c7)cccc6c5cc34)c3ccccc3n2)cc1. The van der Waals surface area contributed by atoms with Crippen molar-refractivity contribution < 1.29 is 0 Å². The van der Waals surface area contributed by atoms with Gasteiger partial charge in [0.15, 0.2) is 0 Å². The summed E-state index contributed by atoms with van der Waals surface area (Å²) in [6.45, 7) is 0.